The van der Waals surface area contributed by atoms with Crippen LogP contribution in [0.3, 0.4) is 0 Å². The van der Waals surface area contributed by atoms with Crippen LogP contribution in [0.2, 0.25) is 0 Å². The largest absolute Gasteiger partial charge is 0.353 e. The molecule has 0 saturated carbocycles. The molecule has 0 aromatic carbocycles. The molecule has 0 unspecified atom stereocenters. The van der Waals surface area contributed by atoms with Crippen LogP contribution < -0.4 is 4.90 Å². The SMILES string of the molecule is CN(Cc1cnccn1)c1nc2c(cc1C#N)CCCC2. The van der Waals surface area contributed by atoms with Gasteiger partial charge < -0.3 is 4.90 Å². The molecule has 3 rings (SSSR count). The zero-order valence-corrected chi connectivity index (χ0v) is 12.1. The topological polar surface area (TPSA) is 65.7 Å². The van der Waals surface area contributed by atoms with E-state index in [1.165, 1.54) is 18.4 Å². The summed E-state index contributed by atoms with van der Waals surface area (Å²) in [7, 11) is 1.94. The lowest BCUT2D eigenvalue weighted by Crippen LogP contribution is -2.21. The van der Waals surface area contributed by atoms with Gasteiger partial charge in [-0.15, -0.1) is 0 Å². The average Bonchev–Trinajstić information content (AvgIpc) is 2.54. The monoisotopic (exact) mass is 279 g/mol. The number of nitrogens with zero attached hydrogens (tertiary/aromatic N) is 5. The number of hydrogen-bond acceptors (Lipinski definition) is 5. The van der Waals surface area contributed by atoms with E-state index in [9.17, 15) is 5.26 Å². The number of hydrogen-bond donors (Lipinski definition) is 0. The first-order valence-electron chi connectivity index (χ1n) is 7.17. The molecule has 0 aliphatic heterocycles. The third-order valence-corrected chi connectivity index (χ3v) is 3.78. The lowest BCUT2D eigenvalue weighted by molar-refractivity contribution is 0.665. The summed E-state index contributed by atoms with van der Waals surface area (Å²) in [6.45, 7) is 0.592. The van der Waals surface area contributed by atoms with Crippen LogP contribution in [0.1, 0.15) is 35.4 Å². The van der Waals surface area contributed by atoms with Gasteiger partial charge in [0, 0.05) is 25.1 Å². The van der Waals surface area contributed by atoms with Gasteiger partial charge in [0.15, 0.2) is 0 Å². The third-order valence-electron chi connectivity index (χ3n) is 3.78. The van der Waals surface area contributed by atoms with Crippen LogP contribution in [0.5, 0.6) is 0 Å². The van der Waals surface area contributed by atoms with Gasteiger partial charge in [0.25, 0.3) is 0 Å². The van der Waals surface area contributed by atoms with E-state index in [1.807, 2.05) is 18.0 Å². The molecule has 0 atom stereocenters. The summed E-state index contributed by atoms with van der Waals surface area (Å²) in [4.78, 5) is 15.0. The zero-order valence-electron chi connectivity index (χ0n) is 12.1. The van der Waals surface area contributed by atoms with E-state index in [0.29, 0.717) is 12.1 Å². The molecule has 0 fully saturated rings. The van der Waals surface area contributed by atoms with E-state index in [0.717, 1.165) is 30.0 Å². The predicted octanol–water partition coefficient (Wildman–Crippen LogP) is 2.26. The first-order chi connectivity index (χ1) is 10.3. The highest BCUT2D eigenvalue weighted by molar-refractivity contribution is 5.56. The molecule has 0 spiro atoms. The average molecular weight is 279 g/mol. The van der Waals surface area contributed by atoms with E-state index >= 15 is 0 Å². The van der Waals surface area contributed by atoms with Crippen molar-refractivity contribution >= 4 is 5.82 Å². The summed E-state index contributed by atoms with van der Waals surface area (Å²) >= 11 is 0. The van der Waals surface area contributed by atoms with Crippen molar-refractivity contribution in [2.75, 3.05) is 11.9 Å². The number of rotatable bonds is 3. The molecule has 5 heteroatoms. The molecule has 0 amide bonds. The maximum atomic E-state index is 9.39. The van der Waals surface area contributed by atoms with E-state index < -0.39 is 0 Å². The minimum Gasteiger partial charge on any atom is -0.353 e. The normalized spacial score (nSPS) is 13.3. The first kappa shape index (κ1) is 13.5. The van der Waals surface area contributed by atoms with Crippen molar-refractivity contribution in [2.45, 2.75) is 32.2 Å². The van der Waals surface area contributed by atoms with E-state index in [2.05, 4.69) is 16.0 Å². The van der Waals surface area contributed by atoms with Crippen LogP contribution in [0.15, 0.2) is 24.7 Å². The van der Waals surface area contributed by atoms with Crippen molar-refractivity contribution in [3.8, 4) is 6.07 Å². The molecular formula is C16H17N5. The molecule has 1 aliphatic rings. The van der Waals surface area contributed by atoms with E-state index in [-0.39, 0.29) is 0 Å². The summed E-state index contributed by atoms with van der Waals surface area (Å²) in [6.07, 6.45) is 9.47. The molecule has 2 aromatic rings. The van der Waals surface area contributed by atoms with Crippen LogP contribution in [0, 0.1) is 11.3 Å². The fourth-order valence-corrected chi connectivity index (χ4v) is 2.73. The minimum absolute atomic E-state index is 0.592. The van der Waals surface area contributed by atoms with Crippen molar-refractivity contribution < 1.29 is 0 Å². The highest BCUT2D eigenvalue weighted by Crippen LogP contribution is 2.26. The van der Waals surface area contributed by atoms with Gasteiger partial charge in [-0.1, -0.05) is 0 Å². The standard InChI is InChI=1S/C16H17N5/c1-21(11-14-10-18-6-7-19-14)16-13(9-17)8-12-4-2-3-5-15(12)20-16/h6-8,10H,2-5,11H2,1H3. The Bertz CT molecular complexity index is 675. The second-order valence-corrected chi connectivity index (χ2v) is 5.34. The van der Waals surface area contributed by atoms with Gasteiger partial charge in [0.05, 0.1) is 24.0 Å². The van der Waals surface area contributed by atoms with Gasteiger partial charge >= 0.3 is 0 Å². The van der Waals surface area contributed by atoms with Gasteiger partial charge in [-0.3, -0.25) is 9.97 Å². The zero-order chi connectivity index (χ0) is 14.7. The van der Waals surface area contributed by atoms with Crippen LogP contribution in [0.25, 0.3) is 0 Å². The smallest absolute Gasteiger partial charge is 0.146 e. The van der Waals surface area contributed by atoms with Crippen molar-refractivity contribution in [1.29, 1.82) is 5.26 Å². The molecule has 0 radical (unpaired) electrons. The molecule has 2 heterocycles. The second-order valence-electron chi connectivity index (χ2n) is 5.34. The number of nitriles is 1. The predicted molar refractivity (Wildman–Crippen MR) is 79.7 cm³/mol. The first-order valence-corrected chi connectivity index (χ1v) is 7.17. The van der Waals surface area contributed by atoms with Crippen LogP contribution in [0.4, 0.5) is 5.82 Å². The van der Waals surface area contributed by atoms with Gasteiger partial charge in [-0.25, -0.2) is 4.98 Å². The van der Waals surface area contributed by atoms with Crippen molar-refractivity contribution in [2.24, 2.45) is 0 Å². The fraction of sp³-hybridized carbons (Fsp3) is 0.375. The van der Waals surface area contributed by atoms with Crippen molar-refractivity contribution in [3.05, 3.63) is 47.2 Å². The lowest BCUT2D eigenvalue weighted by Gasteiger charge is -2.22. The Morgan fingerprint density at radius 1 is 1.29 bits per heavy atom. The van der Waals surface area contributed by atoms with Gasteiger partial charge in [-0.2, -0.15) is 5.26 Å². The maximum Gasteiger partial charge on any atom is 0.146 e. The molecule has 0 N–H and O–H groups in total. The van der Waals surface area contributed by atoms with Crippen molar-refractivity contribution in [3.63, 3.8) is 0 Å². The van der Waals surface area contributed by atoms with Gasteiger partial charge in [0.2, 0.25) is 0 Å². The Morgan fingerprint density at radius 3 is 2.90 bits per heavy atom. The van der Waals surface area contributed by atoms with Crippen molar-refractivity contribution in [1.82, 2.24) is 15.0 Å². The summed E-state index contributed by atoms with van der Waals surface area (Å²) in [5.74, 6) is 0.740. The maximum absolute atomic E-state index is 9.39. The molecule has 106 valence electrons. The molecular weight excluding hydrogens is 262 g/mol. The molecule has 2 aromatic heterocycles. The van der Waals surface area contributed by atoms with Crippen LogP contribution in [-0.2, 0) is 19.4 Å². The quantitative estimate of drug-likeness (QED) is 0.862. The van der Waals surface area contributed by atoms with Gasteiger partial charge in [0.1, 0.15) is 11.9 Å². The summed E-state index contributed by atoms with van der Waals surface area (Å²) in [6, 6.07) is 4.28. The third kappa shape index (κ3) is 2.84. The molecule has 21 heavy (non-hydrogen) atoms. The van der Waals surface area contributed by atoms with Crippen LogP contribution in [-0.4, -0.2) is 22.0 Å². The fourth-order valence-electron chi connectivity index (χ4n) is 2.73. The highest BCUT2D eigenvalue weighted by atomic mass is 15.2. The lowest BCUT2D eigenvalue weighted by atomic mass is 9.95. The number of aryl methyl sites for hydroxylation is 2. The summed E-state index contributed by atoms with van der Waals surface area (Å²) in [5.41, 5.74) is 3.88. The molecule has 5 nitrogen and oxygen atoms in total. The Hall–Kier alpha value is -2.48. The Kier molecular flexibility index (Phi) is 3.78. The highest BCUT2D eigenvalue weighted by Gasteiger charge is 2.17. The molecule has 0 saturated heterocycles. The Morgan fingerprint density at radius 2 is 2.14 bits per heavy atom. The summed E-state index contributed by atoms with van der Waals surface area (Å²) < 4.78 is 0. The number of fused-ring (bicyclic) bond motifs is 1. The van der Waals surface area contributed by atoms with E-state index in [4.69, 9.17) is 4.98 Å². The number of pyridine rings is 1. The molecule has 0 bridgehead atoms. The molecule has 1 aliphatic carbocycles. The Labute approximate surface area is 124 Å². The van der Waals surface area contributed by atoms with E-state index in [1.54, 1.807) is 18.6 Å². The number of aromatic nitrogens is 3. The van der Waals surface area contributed by atoms with Gasteiger partial charge in [-0.05, 0) is 37.3 Å². The summed E-state index contributed by atoms with van der Waals surface area (Å²) in [5, 5.41) is 9.39. The minimum atomic E-state index is 0.592. The van der Waals surface area contributed by atoms with Crippen LogP contribution >= 0.6 is 0 Å². The Balaban J connectivity index is 1.92. The number of anilines is 1. The second kappa shape index (κ2) is 5.88.